The first-order chi connectivity index (χ1) is 8.57. The van der Waals surface area contributed by atoms with Crippen LogP contribution in [0, 0.1) is 5.41 Å². The highest BCUT2D eigenvalue weighted by Gasteiger charge is 2.27. The minimum Gasteiger partial charge on any atom is -0.317 e. The zero-order valence-corrected chi connectivity index (χ0v) is 12.1. The van der Waals surface area contributed by atoms with Crippen LogP contribution in [0.15, 0.2) is 24.3 Å². The van der Waals surface area contributed by atoms with Gasteiger partial charge in [-0.05, 0) is 56.1 Å². The Hall–Kier alpha value is -0.570. The summed E-state index contributed by atoms with van der Waals surface area (Å²) in [6.45, 7) is 6.89. The number of nitrogens with zero attached hydrogens (tertiary/aromatic N) is 1. The van der Waals surface area contributed by atoms with Gasteiger partial charge in [0.15, 0.2) is 0 Å². The summed E-state index contributed by atoms with van der Waals surface area (Å²) >= 11 is 5.91. The van der Waals surface area contributed by atoms with E-state index >= 15 is 0 Å². The molecule has 0 aromatic heterocycles. The Kier molecular flexibility index (Phi) is 4.66. The van der Waals surface area contributed by atoms with Crippen molar-refractivity contribution >= 4 is 11.6 Å². The van der Waals surface area contributed by atoms with Gasteiger partial charge in [-0.2, -0.15) is 0 Å². The summed E-state index contributed by atoms with van der Waals surface area (Å²) in [6.07, 6.45) is 2.55. The summed E-state index contributed by atoms with van der Waals surface area (Å²) in [5.74, 6) is 0. The van der Waals surface area contributed by atoms with Crippen LogP contribution in [0.3, 0.4) is 0 Å². The van der Waals surface area contributed by atoms with Crippen LogP contribution in [0.1, 0.15) is 25.3 Å². The highest BCUT2D eigenvalue weighted by molar-refractivity contribution is 6.30. The third-order valence-electron chi connectivity index (χ3n) is 3.83. The number of rotatable bonds is 4. The second-order valence-electron chi connectivity index (χ2n) is 5.86. The first-order valence-electron chi connectivity index (χ1n) is 6.71. The van der Waals surface area contributed by atoms with Crippen molar-refractivity contribution in [3.8, 4) is 0 Å². The van der Waals surface area contributed by atoms with Gasteiger partial charge in [0.1, 0.15) is 0 Å². The van der Waals surface area contributed by atoms with Gasteiger partial charge in [0, 0.05) is 18.1 Å². The van der Waals surface area contributed by atoms with Crippen molar-refractivity contribution in [2.45, 2.75) is 26.3 Å². The molecule has 0 amide bonds. The molecular formula is C15H23ClN2. The number of nitrogens with one attached hydrogen (secondary N) is 1. The summed E-state index contributed by atoms with van der Waals surface area (Å²) in [7, 11) is 2.21. The van der Waals surface area contributed by atoms with Crippen molar-refractivity contribution in [2.75, 3.05) is 26.7 Å². The number of hydrogen-bond donors (Lipinski definition) is 1. The molecule has 1 aliphatic rings. The van der Waals surface area contributed by atoms with Crippen molar-refractivity contribution in [3.05, 3.63) is 34.9 Å². The van der Waals surface area contributed by atoms with Gasteiger partial charge in [-0.3, -0.25) is 0 Å². The molecular weight excluding hydrogens is 244 g/mol. The van der Waals surface area contributed by atoms with Gasteiger partial charge in [-0.1, -0.05) is 30.7 Å². The third kappa shape index (κ3) is 3.98. The Bertz CT molecular complexity index is 369. The van der Waals surface area contributed by atoms with Crippen molar-refractivity contribution in [1.82, 2.24) is 10.2 Å². The average Bonchev–Trinajstić information content (AvgIpc) is 2.32. The summed E-state index contributed by atoms with van der Waals surface area (Å²) in [5.41, 5.74) is 1.80. The van der Waals surface area contributed by atoms with Crippen molar-refractivity contribution < 1.29 is 0 Å². The van der Waals surface area contributed by atoms with E-state index in [1.54, 1.807) is 0 Å². The van der Waals surface area contributed by atoms with Crippen LogP contribution in [0.2, 0.25) is 5.02 Å². The minimum absolute atomic E-state index is 0.465. The molecule has 0 spiro atoms. The van der Waals surface area contributed by atoms with Crippen LogP contribution in [0.25, 0.3) is 0 Å². The summed E-state index contributed by atoms with van der Waals surface area (Å²) in [4.78, 5) is 2.43. The number of benzene rings is 1. The van der Waals surface area contributed by atoms with Gasteiger partial charge in [0.2, 0.25) is 0 Å². The van der Waals surface area contributed by atoms with Gasteiger partial charge in [-0.15, -0.1) is 0 Å². The molecule has 0 bridgehead atoms. The fourth-order valence-electron chi connectivity index (χ4n) is 2.80. The lowest BCUT2D eigenvalue weighted by Gasteiger charge is -2.37. The molecule has 0 saturated carbocycles. The molecule has 1 aliphatic heterocycles. The Balaban J connectivity index is 1.87. The van der Waals surface area contributed by atoms with E-state index in [9.17, 15) is 0 Å². The monoisotopic (exact) mass is 266 g/mol. The Morgan fingerprint density at radius 3 is 2.44 bits per heavy atom. The molecule has 1 N–H and O–H groups in total. The van der Waals surface area contributed by atoms with Gasteiger partial charge >= 0.3 is 0 Å². The molecule has 0 radical (unpaired) electrons. The molecule has 1 saturated heterocycles. The Morgan fingerprint density at radius 1 is 1.22 bits per heavy atom. The van der Waals surface area contributed by atoms with Crippen LogP contribution < -0.4 is 5.32 Å². The number of piperidine rings is 1. The molecule has 1 aromatic carbocycles. The van der Waals surface area contributed by atoms with E-state index in [-0.39, 0.29) is 0 Å². The lowest BCUT2D eigenvalue weighted by molar-refractivity contribution is 0.143. The van der Waals surface area contributed by atoms with Crippen LogP contribution in [-0.4, -0.2) is 31.6 Å². The smallest absolute Gasteiger partial charge is 0.0406 e. The highest BCUT2D eigenvalue weighted by Crippen LogP contribution is 2.29. The van der Waals surface area contributed by atoms with E-state index in [4.69, 9.17) is 11.6 Å². The zero-order valence-electron chi connectivity index (χ0n) is 11.4. The second kappa shape index (κ2) is 6.05. The maximum atomic E-state index is 5.91. The molecule has 0 atom stereocenters. The van der Waals surface area contributed by atoms with Crippen LogP contribution in [0.4, 0.5) is 0 Å². The molecule has 0 aliphatic carbocycles. The number of halogens is 1. The molecule has 1 aromatic rings. The molecule has 3 heteroatoms. The van der Waals surface area contributed by atoms with E-state index in [1.807, 2.05) is 12.1 Å². The van der Waals surface area contributed by atoms with E-state index in [2.05, 4.69) is 36.3 Å². The predicted molar refractivity (Wildman–Crippen MR) is 78.0 cm³/mol. The summed E-state index contributed by atoms with van der Waals surface area (Å²) in [5, 5.41) is 4.25. The lowest BCUT2D eigenvalue weighted by atomic mass is 9.80. The molecule has 1 heterocycles. The van der Waals surface area contributed by atoms with Crippen LogP contribution in [-0.2, 0) is 6.54 Å². The molecule has 2 nitrogen and oxygen atoms in total. The van der Waals surface area contributed by atoms with E-state index < -0.39 is 0 Å². The van der Waals surface area contributed by atoms with Crippen molar-refractivity contribution in [3.63, 3.8) is 0 Å². The SMILES string of the molecule is CN(Cc1ccc(Cl)cc1)CC1(C)CCNCC1. The van der Waals surface area contributed by atoms with E-state index in [0.717, 1.165) is 31.2 Å². The molecule has 2 rings (SSSR count). The maximum absolute atomic E-state index is 5.91. The quantitative estimate of drug-likeness (QED) is 0.901. The summed E-state index contributed by atoms with van der Waals surface area (Å²) < 4.78 is 0. The van der Waals surface area contributed by atoms with Crippen molar-refractivity contribution in [1.29, 1.82) is 0 Å². The van der Waals surface area contributed by atoms with Crippen LogP contribution in [0.5, 0.6) is 0 Å². The van der Waals surface area contributed by atoms with E-state index in [0.29, 0.717) is 5.41 Å². The van der Waals surface area contributed by atoms with Gasteiger partial charge in [0.05, 0.1) is 0 Å². The first kappa shape index (κ1) is 13.9. The lowest BCUT2D eigenvalue weighted by Crippen LogP contribution is -2.41. The van der Waals surface area contributed by atoms with E-state index in [1.165, 1.54) is 18.4 Å². The molecule has 18 heavy (non-hydrogen) atoms. The molecule has 100 valence electrons. The topological polar surface area (TPSA) is 15.3 Å². The minimum atomic E-state index is 0.465. The Morgan fingerprint density at radius 2 is 1.83 bits per heavy atom. The largest absolute Gasteiger partial charge is 0.317 e. The second-order valence-corrected chi connectivity index (χ2v) is 6.30. The maximum Gasteiger partial charge on any atom is 0.0406 e. The predicted octanol–water partition coefficient (Wildman–Crippen LogP) is 3.16. The Labute approximate surface area is 115 Å². The fraction of sp³-hybridized carbons (Fsp3) is 0.600. The zero-order chi connectivity index (χ0) is 13.0. The third-order valence-corrected chi connectivity index (χ3v) is 4.08. The summed E-state index contributed by atoms with van der Waals surface area (Å²) in [6, 6.07) is 8.17. The normalized spacial score (nSPS) is 19.1. The van der Waals surface area contributed by atoms with Crippen molar-refractivity contribution in [2.24, 2.45) is 5.41 Å². The first-order valence-corrected chi connectivity index (χ1v) is 7.09. The number of hydrogen-bond acceptors (Lipinski definition) is 2. The van der Waals surface area contributed by atoms with Gasteiger partial charge in [-0.25, -0.2) is 0 Å². The standard InChI is InChI=1S/C15H23ClN2/c1-15(7-9-17-10-8-15)12-18(2)11-13-3-5-14(16)6-4-13/h3-6,17H,7-12H2,1-2H3. The highest BCUT2D eigenvalue weighted by atomic mass is 35.5. The van der Waals surface area contributed by atoms with Crippen LogP contribution >= 0.6 is 11.6 Å². The average molecular weight is 267 g/mol. The fourth-order valence-corrected chi connectivity index (χ4v) is 2.92. The molecule has 1 fully saturated rings. The molecule has 0 unspecified atom stereocenters. The van der Waals surface area contributed by atoms with Gasteiger partial charge < -0.3 is 10.2 Å². The van der Waals surface area contributed by atoms with Gasteiger partial charge in [0.25, 0.3) is 0 Å².